The molecule has 3 rings (SSSR count). The van der Waals surface area contributed by atoms with Crippen molar-refractivity contribution in [2.75, 3.05) is 24.4 Å². The zero-order valence-electron chi connectivity index (χ0n) is 15.1. The number of anilines is 4. The molecule has 0 bridgehead atoms. The molecular weight excluding hydrogens is 344 g/mol. The van der Waals surface area contributed by atoms with Crippen LogP contribution in [0.1, 0.15) is 17.3 Å². The Balaban J connectivity index is 1.71. The van der Waals surface area contributed by atoms with Gasteiger partial charge in [0.05, 0.1) is 19.3 Å². The molecule has 3 aromatic rings. The van der Waals surface area contributed by atoms with Crippen molar-refractivity contribution >= 4 is 29.0 Å². The number of hydrogen-bond donors (Lipinski definition) is 2. The van der Waals surface area contributed by atoms with Gasteiger partial charge in [-0.15, -0.1) is 0 Å². The van der Waals surface area contributed by atoms with Crippen LogP contribution in [0, 0.1) is 0 Å². The number of carbonyl (C=O) groups is 1. The quantitative estimate of drug-likeness (QED) is 0.609. The Morgan fingerprint density at radius 3 is 2.33 bits per heavy atom. The molecule has 7 nitrogen and oxygen atoms in total. The van der Waals surface area contributed by atoms with E-state index in [1.807, 2.05) is 37.3 Å². The summed E-state index contributed by atoms with van der Waals surface area (Å²) in [7, 11) is 1.35. The Hall–Kier alpha value is -3.61. The van der Waals surface area contributed by atoms with Crippen LogP contribution in [-0.4, -0.2) is 29.7 Å². The van der Waals surface area contributed by atoms with Crippen LogP contribution < -0.4 is 15.4 Å². The van der Waals surface area contributed by atoms with Crippen LogP contribution in [0.3, 0.4) is 0 Å². The van der Waals surface area contributed by atoms with E-state index in [1.54, 1.807) is 24.3 Å². The standard InChI is InChI=1S/C20H20N4O3/c1-3-27-17-9-7-15(8-10-17)23-18-12-19(22-13-21-18)24-16-6-4-5-14(11-16)20(25)26-2/h4-13H,3H2,1-2H3,(H2,21,22,23,24). The first kappa shape index (κ1) is 18.2. The number of carbonyl (C=O) groups excluding carboxylic acids is 1. The van der Waals surface area contributed by atoms with Crippen molar-refractivity contribution in [3.05, 3.63) is 66.5 Å². The summed E-state index contributed by atoms with van der Waals surface area (Å²) in [6.07, 6.45) is 1.46. The lowest BCUT2D eigenvalue weighted by molar-refractivity contribution is 0.0601. The largest absolute Gasteiger partial charge is 0.494 e. The topological polar surface area (TPSA) is 85.4 Å². The summed E-state index contributed by atoms with van der Waals surface area (Å²) >= 11 is 0. The Morgan fingerprint density at radius 2 is 1.67 bits per heavy atom. The van der Waals surface area contributed by atoms with Crippen LogP contribution in [0.2, 0.25) is 0 Å². The van der Waals surface area contributed by atoms with E-state index >= 15 is 0 Å². The minimum absolute atomic E-state index is 0.390. The highest BCUT2D eigenvalue weighted by atomic mass is 16.5. The molecule has 0 aliphatic heterocycles. The summed E-state index contributed by atoms with van der Waals surface area (Å²) in [6.45, 7) is 2.58. The molecule has 0 saturated heterocycles. The van der Waals surface area contributed by atoms with Crippen LogP contribution in [0.4, 0.5) is 23.0 Å². The highest BCUT2D eigenvalue weighted by molar-refractivity contribution is 5.90. The predicted octanol–water partition coefficient (Wildman–Crippen LogP) is 4.15. The fourth-order valence-corrected chi connectivity index (χ4v) is 2.43. The van der Waals surface area contributed by atoms with Gasteiger partial charge in [0.25, 0.3) is 0 Å². The van der Waals surface area contributed by atoms with E-state index in [2.05, 4.69) is 20.6 Å². The molecule has 0 amide bonds. The van der Waals surface area contributed by atoms with Crippen LogP contribution >= 0.6 is 0 Å². The fourth-order valence-electron chi connectivity index (χ4n) is 2.43. The lowest BCUT2D eigenvalue weighted by atomic mass is 10.2. The molecule has 1 heterocycles. The van der Waals surface area contributed by atoms with Crippen molar-refractivity contribution in [2.24, 2.45) is 0 Å². The lowest BCUT2D eigenvalue weighted by Gasteiger charge is -2.10. The Morgan fingerprint density at radius 1 is 0.963 bits per heavy atom. The number of hydrogen-bond acceptors (Lipinski definition) is 7. The maximum atomic E-state index is 11.6. The average Bonchev–Trinajstić information content (AvgIpc) is 2.69. The minimum Gasteiger partial charge on any atom is -0.494 e. The summed E-state index contributed by atoms with van der Waals surface area (Å²) < 4.78 is 10.2. The van der Waals surface area contributed by atoms with Gasteiger partial charge in [-0.05, 0) is 49.4 Å². The Bertz CT molecular complexity index is 913. The van der Waals surface area contributed by atoms with E-state index in [0.29, 0.717) is 23.8 Å². The van der Waals surface area contributed by atoms with Gasteiger partial charge in [-0.3, -0.25) is 0 Å². The maximum absolute atomic E-state index is 11.6. The SMILES string of the molecule is CCOc1ccc(Nc2cc(Nc3cccc(C(=O)OC)c3)ncn2)cc1. The molecule has 0 atom stereocenters. The molecule has 0 radical (unpaired) electrons. The number of esters is 1. The molecule has 0 aliphatic rings. The molecule has 0 unspecified atom stereocenters. The van der Waals surface area contributed by atoms with Gasteiger partial charge in [0, 0.05) is 17.4 Å². The van der Waals surface area contributed by atoms with E-state index in [1.165, 1.54) is 13.4 Å². The summed E-state index contributed by atoms with van der Waals surface area (Å²) in [5.74, 6) is 1.67. The van der Waals surface area contributed by atoms with Crippen LogP contribution in [0.5, 0.6) is 5.75 Å². The molecule has 0 aliphatic carbocycles. The smallest absolute Gasteiger partial charge is 0.337 e. The number of ether oxygens (including phenoxy) is 2. The molecular formula is C20H20N4O3. The molecule has 0 fully saturated rings. The van der Waals surface area contributed by atoms with Crippen molar-refractivity contribution in [3.8, 4) is 5.75 Å². The first-order valence-electron chi connectivity index (χ1n) is 8.45. The lowest BCUT2D eigenvalue weighted by Crippen LogP contribution is -2.02. The monoisotopic (exact) mass is 364 g/mol. The molecule has 2 aromatic carbocycles. The molecule has 1 aromatic heterocycles. The summed E-state index contributed by atoms with van der Waals surface area (Å²) in [5, 5.41) is 6.37. The second-order valence-electron chi connectivity index (χ2n) is 5.57. The van der Waals surface area contributed by atoms with Gasteiger partial charge in [-0.25, -0.2) is 14.8 Å². The van der Waals surface area contributed by atoms with E-state index in [0.717, 1.165) is 17.1 Å². The number of nitrogens with one attached hydrogen (secondary N) is 2. The second kappa shape index (κ2) is 8.66. The molecule has 0 saturated carbocycles. The average molecular weight is 364 g/mol. The number of benzene rings is 2. The van der Waals surface area contributed by atoms with Gasteiger partial charge in [0.15, 0.2) is 0 Å². The summed E-state index contributed by atoms with van der Waals surface area (Å²) in [6, 6.07) is 16.4. The first-order valence-corrected chi connectivity index (χ1v) is 8.45. The summed E-state index contributed by atoms with van der Waals surface area (Å²) in [5.41, 5.74) is 2.07. The third kappa shape index (κ3) is 4.94. The maximum Gasteiger partial charge on any atom is 0.337 e. The molecule has 7 heteroatoms. The van der Waals surface area contributed by atoms with Crippen molar-refractivity contribution in [3.63, 3.8) is 0 Å². The zero-order valence-corrected chi connectivity index (χ0v) is 15.1. The Labute approximate surface area is 157 Å². The molecule has 138 valence electrons. The third-order valence-corrected chi connectivity index (χ3v) is 3.66. The van der Waals surface area contributed by atoms with Gasteiger partial charge in [-0.2, -0.15) is 0 Å². The van der Waals surface area contributed by atoms with Crippen molar-refractivity contribution in [1.29, 1.82) is 0 Å². The highest BCUT2D eigenvalue weighted by Gasteiger charge is 2.06. The summed E-state index contributed by atoms with van der Waals surface area (Å²) in [4.78, 5) is 20.1. The van der Waals surface area contributed by atoms with Gasteiger partial charge < -0.3 is 20.1 Å². The predicted molar refractivity (Wildman–Crippen MR) is 104 cm³/mol. The second-order valence-corrected chi connectivity index (χ2v) is 5.57. The van der Waals surface area contributed by atoms with E-state index < -0.39 is 0 Å². The molecule has 2 N–H and O–H groups in total. The number of methoxy groups -OCH3 is 1. The van der Waals surface area contributed by atoms with Crippen LogP contribution in [0.15, 0.2) is 60.9 Å². The Kier molecular flexibility index (Phi) is 5.84. The zero-order chi connectivity index (χ0) is 19.1. The number of aromatic nitrogens is 2. The first-order chi connectivity index (χ1) is 13.2. The fraction of sp³-hybridized carbons (Fsp3) is 0.150. The number of rotatable bonds is 7. The normalized spacial score (nSPS) is 10.1. The number of nitrogens with zero attached hydrogens (tertiary/aromatic N) is 2. The molecule has 0 spiro atoms. The van der Waals surface area contributed by atoms with Crippen LogP contribution in [0.25, 0.3) is 0 Å². The van der Waals surface area contributed by atoms with E-state index in [9.17, 15) is 4.79 Å². The van der Waals surface area contributed by atoms with E-state index in [-0.39, 0.29) is 5.97 Å². The van der Waals surface area contributed by atoms with Gasteiger partial charge in [0.2, 0.25) is 0 Å². The minimum atomic E-state index is -0.390. The van der Waals surface area contributed by atoms with Crippen molar-refractivity contribution in [1.82, 2.24) is 9.97 Å². The highest BCUT2D eigenvalue weighted by Crippen LogP contribution is 2.22. The van der Waals surface area contributed by atoms with E-state index in [4.69, 9.17) is 9.47 Å². The van der Waals surface area contributed by atoms with Gasteiger partial charge >= 0.3 is 5.97 Å². The third-order valence-electron chi connectivity index (χ3n) is 3.66. The van der Waals surface area contributed by atoms with Gasteiger partial charge in [-0.1, -0.05) is 6.07 Å². The van der Waals surface area contributed by atoms with Crippen molar-refractivity contribution in [2.45, 2.75) is 6.92 Å². The van der Waals surface area contributed by atoms with Gasteiger partial charge in [0.1, 0.15) is 23.7 Å². The molecule has 27 heavy (non-hydrogen) atoms. The van der Waals surface area contributed by atoms with Crippen molar-refractivity contribution < 1.29 is 14.3 Å². The van der Waals surface area contributed by atoms with Crippen LogP contribution in [-0.2, 0) is 4.74 Å².